The molecule has 2 rings (SSSR count). The van der Waals surface area contributed by atoms with Crippen molar-refractivity contribution < 1.29 is 19.4 Å². The molecule has 0 saturated heterocycles. The first-order valence-electron chi connectivity index (χ1n) is 6.76. The van der Waals surface area contributed by atoms with Gasteiger partial charge in [-0.25, -0.2) is 0 Å². The van der Waals surface area contributed by atoms with Gasteiger partial charge in [-0.15, -0.1) is 0 Å². The molecule has 1 aromatic rings. The molecule has 1 amide bonds. The molecule has 1 aromatic carbocycles. The molecule has 0 bridgehead atoms. The molecule has 110 valence electrons. The lowest BCUT2D eigenvalue weighted by atomic mass is 9.80. The zero-order valence-electron chi connectivity index (χ0n) is 11.9. The molecule has 2 N–H and O–H groups in total. The quantitative estimate of drug-likeness (QED) is 0.823. The van der Waals surface area contributed by atoms with Crippen LogP contribution in [0.15, 0.2) is 18.2 Å². The molecule has 5 nitrogen and oxygen atoms in total. The molecule has 0 atom stereocenters. The van der Waals surface area contributed by atoms with Crippen LogP contribution in [0.3, 0.4) is 0 Å². The number of carbonyl (C=O) groups excluding carboxylic acids is 1. The molecule has 1 saturated carbocycles. The summed E-state index contributed by atoms with van der Waals surface area (Å²) in [5.41, 5.74) is 0.103. The summed E-state index contributed by atoms with van der Waals surface area (Å²) >= 11 is 0. The number of benzene rings is 1. The van der Waals surface area contributed by atoms with Crippen molar-refractivity contribution in [3.8, 4) is 11.5 Å². The summed E-state index contributed by atoms with van der Waals surface area (Å²) in [5.74, 6) is 1.20. The van der Waals surface area contributed by atoms with Crippen molar-refractivity contribution in [2.24, 2.45) is 0 Å². The third kappa shape index (κ3) is 3.42. The lowest BCUT2D eigenvalue weighted by molar-refractivity contribution is -0.122. The third-order valence-electron chi connectivity index (χ3n) is 3.74. The number of hydrogen-bond acceptors (Lipinski definition) is 4. The van der Waals surface area contributed by atoms with Crippen LogP contribution in [0, 0.1) is 0 Å². The second-order valence-corrected chi connectivity index (χ2v) is 5.21. The maximum Gasteiger partial charge on any atom is 0.224 e. The summed E-state index contributed by atoms with van der Waals surface area (Å²) in [5, 5.41) is 12.7. The van der Waals surface area contributed by atoms with Crippen LogP contribution in [0.5, 0.6) is 11.5 Å². The van der Waals surface area contributed by atoms with Gasteiger partial charge >= 0.3 is 0 Å². The number of methoxy groups -OCH3 is 2. The van der Waals surface area contributed by atoms with E-state index in [1.54, 1.807) is 26.4 Å². The van der Waals surface area contributed by atoms with Gasteiger partial charge in [0, 0.05) is 18.2 Å². The number of rotatable bonds is 6. The Morgan fingerprint density at radius 3 is 2.65 bits per heavy atom. The number of hydrogen-bond donors (Lipinski definition) is 2. The van der Waals surface area contributed by atoms with E-state index in [-0.39, 0.29) is 12.3 Å². The largest absolute Gasteiger partial charge is 0.497 e. The predicted molar refractivity (Wildman–Crippen MR) is 75.1 cm³/mol. The average molecular weight is 279 g/mol. The van der Waals surface area contributed by atoms with Crippen LogP contribution in [-0.4, -0.2) is 37.4 Å². The highest BCUT2D eigenvalue weighted by Gasteiger charge is 2.34. The molecule has 1 fully saturated rings. The second kappa shape index (κ2) is 6.13. The van der Waals surface area contributed by atoms with Gasteiger partial charge in [0.2, 0.25) is 5.91 Å². The van der Waals surface area contributed by atoms with Gasteiger partial charge in [-0.2, -0.15) is 0 Å². The predicted octanol–water partition coefficient (Wildman–Crippen LogP) is 1.28. The van der Waals surface area contributed by atoms with Gasteiger partial charge < -0.3 is 19.9 Å². The summed E-state index contributed by atoms with van der Waals surface area (Å²) in [6.45, 7) is 0.324. The Bertz CT molecular complexity index is 483. The van der Waals surface area contributed by atoms with Crippen LogP contribution in [0.4, 0.5) is 0 Å². The molecule has 0 aliphatic heterocycles. The highest BCUT2D eigenvalue weighted by atomic mass is 16.5. The van der Waals surface area contributed by atoms with Crippen LogP contribution in [0.25, 0.3) is 0 Å². The zero-order chi connectivity index (χ0) is 14.6. The van der Waals surface area contributed by atoms with E-state index in [1.807, 2.05) is 6.07 Å². The number of amides is 1. The smallest absolute Gasteiger partial charge is 0.224 e. The van der Waals surface area contributed by atoms with E-state index in [9.17, 15) is 9.90 Å². The van der Waals surface area contributed by atoms with Crippen LogP contribution < -0.4 is 14.8 Å². The van der Waals surface area contributed by atoms with Gasteiger partial charge in [0.25, 0.3) is 0 Å². The molecule has 0 radical (unpaired) electrons. The van der Waals surface area contributed by atoms with Crippen LogP contribution in [0.2, 0.25) is 0 Å². The first kappa shape index (κ1) is 14.7. The minimum Gasteiger partial charge on any atom is -0.497 e. The minimum absolute atomic E-state index is 0.117. The second-order valence-electron chi connectivity index (χ2n) is 5.21. The highest BCUT2D eigenvalue weighted by molar-refractivity contribution is 5.79. The molecule has 0 unspecified atom stereocenters. The fourth-order valence-corrected chi connectivity index (χ4v) is 2.26. The highest BCUT2D eigenvalue weighted by Crippen LogP contribution is 2.30. The van der Waals surface area contributed by atoms with Crippen molar-refractivity contribution in [2.75, 3.05) is 20.8 Å². The van der Waals surface area contributed by atoms with Crippen molar-refractivity contribution >= 4 is 5.91 Å². The van der Waals surface area contributed by atoms with Crippen LogP contribution in [-0.2, 0) is 11.2 Å². The molecule has 0 heterocycles. The average Bonchev–Trinajstić information content (AvgIpc) is 2.43. The summed E-state index contributed by atoms with van der Waals surface area (Å²) in [7, 11) is 3.15. The Hall–Kier alpha value is -1.75. The van der Waals surface area contributed by atoms with Gasteiger partial charge in [0.05, 0.1) is 26.2 Å². The molecule has 5 heteroatoms. The lowest BCUT2D eigenvalue weighted by Crippen LogP contribution is -2.48. The maximum atomic E-state index is 11.9. The van der Waals surface area contributed by atoms with Crippen LogP contribution >= 0.6 is 0 Å². The van der Waals surface area contributed by atoms with Crippen LogP contribution in [0.1, 0.15) is 24.8 Å². The van der Waals surface area contributed by atoms with Crippen molar-refractivity contribution in [1.29, 1.82) is 0 Å². The zero-order valence-corrected chi connectivity index (χ0v) is 11.9. The Morgan fingerprint density at radius 2 is 2.10 bits per heavy atom. The third-order valence-corrected chi connectivity index (χ3v) is 3.74. The first-order chi connectivity index (χ1) is 9.56. The van der Waals surface area contributed by atoms with Crippen molar-refractivity contribution in [2.45, 2.75) is 31.3 Å². The first-order valence-corrected chi connectivity index (χ1v) is 6.76. The summed E-state index contributed by atoms with van der Waals surface area (Å²) in [6, 6.07) is 5.36. The molecule has 20 heavy (non-hydrogen) atoms. The number of ether oxygens (including phenoxy) is 2. The van der Waals surface area contributed by atoms with Crippen molar-refractivity contribution in [3.05, 3.63) is 23.8 Å². The monoisotopic (exact) mass is 279 g/mol. The summed E-state index contributed by atoms with van der Waals surface area (Å²) < 4.78 is 10.4. The summed E-state index contributed by atoms with van der Waals surface area (Å²) in [4.78, 5) is 11.9. The fraction of sp³-hybridized carbons (Fsp3) is 0.533. The molecule has 0 aromatic heterocycles. The van der Waals surface area contributed by atoms with Gasteiger partial charge in [-0.05, 0) is 25.3 Å². The van der Waals surface area contributed by atoms with Crippen molar-refractivity contribution in [3.63, 3.8) is 0 Å². The van der Waals surface area contributed by atoms with E-state index in [4.69, 9.17) is 9.47 Å². The Labute approximate surface area is 118 Å². The number of aliphatic hydroxyl groups is 1. The standard InChI is InChI=1S/C15H21NO4/c1-19-12-5-4-11(13(9-12)20-2)8-14(17)16-10-15(18)6-3-7-15/h4-5,9,18H,3,6-8,10H2,1-2H3,(H,16,17). The SMILES string of the molecule is COc1ccc(CC(=O)NCC2(O)CCC2)c(OC)c1. The van der Waals surface area contributed by atoms with E-state index in [1.165, 1.54) is 0 Å². The Morgan fingerprint density at radius 1 is 1.35 bits per heavy atom. The van der Waals surface area contributed by atoms with E-state index < -0.39 is 5.60 Å². The van der Waals surface area contributed by atoms with Gasteiger partial charge in [-0.1, -0.05) is 6.07 Å². The topological polar surface area (TPSA) is 67.8 Å². The number of carbonyl (C=O) groups is 1. The van der Waals surface area contributed by atoms with Gasteiger partial charge in [0.1, 0.15) is 11.5 Å². The number of nitrogens with one attached hydrogen (secondary N) is 1. The molecular weight excluding hydrogens is 258 g/mol. The van der Waals surface area contributed by atoms with E-state index >= 15 is 0 Å². The minimum atomic E-state index is -0.695. The fourth-order valence-electron chi connectivity index (χ4n) is 2.26. The van der Waals surface area contributed by atoms with E-state index in [0.29, 0.717) is 18.0 Å². The normalized spacial score (nSPS) is 16.1. The van der Waals surface area contributed by atoms with Gasteiger partial charge in [0.15, 0.2) is 0 Å². The Balaban J connectivity index is 1.93. The molecule has 1 aliphatic rings. The maximum absolute atomic E-state index is 11.9. The van der Waals surface area contributed by atoms with E-state index in [2.05, 4.69) is 5.32 Å². The van der Waals surface area contributed by atoms with Crippen molar-refractivity contribution in [1.82, 2.24) is 5.32 Å². The Kier molecular flexibility index (Phi) is 4.49. The molecule has 1 aliphatic carbocycles. The van der Waals surface area contributed by atoms with E-state index in [0.717, 1.165) is 24.8 Å². The molecular formula is C15H21NO4. The molecule has 0 spiro atoms. The van der Waals surface area contributed by atoms with Gasteiger partial charge in [-0.3, -0.25) is 4.79 Å². The summed E-state index contributed by atoms with van der Waals surface area (Å²) in [6.07, 6.45) is 2.78. The lowest BCUT2D eigenvalue weighted by Gasteiger charge is -2.36.